The van der Waals surface area contributed by atoms with E-state index in [1.807, 2.05) is 6.92 Å². The average molecular weight is 282 g/mol. The Morgan fingerprint density at radius 1 is 1.32 bits per heavy atom. The van der Waals surface area contributed by atoms with Crippen molar-refractivity contribution in [1.82, 2.24) is 10.3 Å². The second-order valence-corrected chi connectivity index (χ2v) is 6.94. The fourth-order valence-electron chi connectivity index (χ4n) is 2.07. The van der Waals surface area contributed by atoms with Gasteiger partial charge < -0.3 is 5.32 Å². The smallest absolute Gasteiger partial charge is 0.263 e. The lowest BCUT2D eigenvalue weighted by molar-refractivity contribution is 0.0928. The Hall–Kier alpha value is -0.900. The number of rotatable bonds is 6. The first kappa shape index (κ1) is 16.2. The van der Waals surface area contributed by atoms with Gasteiger partial charge in [-0.1, -0.05) is 34.6 Å². The van der Waals surface area contributed by atoms with Gasteiger partial charge in [0, 0.05) is 12.5 Å². The summed E-state index contributed by atoms with van der Waals surface area (Å²) in [5.74, 6) is 1.06. The highest BCUT2D eigenvalue weighted by Crippen LogP contribution is 2.21. The highest BCUT2D eigenvalue weighted by molar-refractivity contribution is 7.13. The highest BCUT2D eigenvalue weighted by atomic mass is 32.1. The van der Waals surface area contributed by atoms with Gasteiger partial charge in [-0.05, 0) is 25.2 Å². The molecule has 1 N–H and O–H groups in total. The van der Waals surface area contributed by atoms with E-state index in [2.05, 4.69) is 44.9 Å². The van der Waals surface area contributed by atoms with E-state index in [0.29, 0.717) is 11.8 Å². The Balaban J connectivity index is 2.79. The maximum atomic E-state index is 12.3. The van der Waals surface area contributed by atoms with Crippen molar-refractivity contribution in [1.29, 1.82) is 0 Å². The van der Waals surface area contributed by atoms with Crippen LogP contribution >= 0.6 is 11.3 Å². The van der Waals surface area contributed by atoms with Crippen LogP contribution in [-0.4, -0.2) is 16.9 Å². The zero-order valence-corrected chi connectivity index (χ0v) is 13.7. The van der Waals surface area contributed by atoms with E-state index in [1.54, 1.807) is 0 Å². The Bertz CT molecular complexity index is 424. The Morgan fingerprint density at radius 3 is 2.42 bits per heavy atom. The Morgan fingerprint density at radius 2 is 1.95 bits per heavy atom. The molecule has 108 valence electrons. The summed E-state index contributed by atoms with van der Waals surface area (Å²) in [5, 5.41) is 4.19. The third-order valence-electron chi connectivity index (χ3n) is 3.19. The van der Waals surface area contributed by atoms with Gasteiger partial charge in [-0.25, -0.2) is 4.98 Å². The molecular weight excluding hydrogens is 256 g/mol. The van der Waals surface area contributed by atoms with Crippen LogP contribution < -0.4 is 5.32 Å². The van der Waals surface area contributed by atoms with Crippen molar-refractivity contribution in [2.75, 3.05) is 0 Å². The van der Waals surface area contributed by atoms with Crippen molar-refractivity contribution in [3.8, 4) is 0 Å². The van der Waals surface area contributed by atoms with Crippen LogP contribution in [0, 0.1) is 18.8 Å². The lowest BCUT2D eigenvalue weighted by Gasteiger charge is -2.20. The monoisotopic (exact) mass is 282 g/mol. The van der Waals surface area contributed by atoms with E-state index in [-0.39, 0.29) is 11.9 Å². The molecular formula is C15H26N2OS. The number of hydrogen-bond donors (Lipinski definition) is 1. The minimum Gasteiger partial charge on any atom is -0.348 e. The molecule has 1 unspecified atom stereocenters. The number of carbonyl (C=O) groups excluding carboxylic acids is 1. The zero-order chi connectivity index (χ0) is 14.6. The predicted molar refractivity (Wildman–Crippen MR) is 81.8 cm³/mol. The topological polar surface area (TPSA) is 42.0 Å². The molecule has 0 aromatic carbocycles. The van der Waals surface area contributed by atoms with Gasteiger partial charge in [0.25, 0.3) is 5.91 Å². The Kier molecular flexibility index (Phi) is 5.98. The summed E-state index contributed by atoms with van der Waals surface area (Å²) in [6.07, 6.45) is 1.90. The largest absolute Gasteiger partial charge is 0.348 e. The molecule has 0 aliphatic rings. The summed E-state index contributed by atoms with van der Waals surface area (Å²) in [6.45, 7) is 12.6. The summed E-state index contributed by atoms with van der Waals surface area (Å²) in [6, 6.07) is 0.238. The van der Waals surface area contributed by atoms with Crippen molar-refractivity contribution in [2.24, 2.45) is 11.8 Å². The molecule has 0 radical (unpaired) electrons. The molecule has 0 aliphatic carbocycles. The van der Waals surface area contributed by atoms with Crippen LogP contribution in [0.3, 0.4) is 0 Å². The fraction of sp³-hybridized carbons (Fsp3) is 0.733. The molecule has 0 bridgehead atoms. The number of amides is 1. The third kappa shape index (κ3) is 4.60. The van der Waals surface area contributed by atoms with Crippen LogP contribution in [0.25, 0.3) is 0 Å². The first-order valence-electron chi connectivity index (χ1n) is 7.12. The van der Waals surface area contributed by atoms with Crippen molar-refractivity contribution < 1.29 is 4.79 Å². The number of aryl methyl sites for hydroxylation is 1. The molecule has 1 heterocycles. The van der Waals surface area contributed by atoms with Crippen molar-refractivity contribution >= 4 is 17.2 Å². The maximum Gasteiger partial charge on any atom is 0.263 e. The first-order chi connectivity index (χ1) is 8.85. The molecule has 0 saturated carbocycles. The van der Waals surface area contributed by atoms with Crippen LogP contribution in [0.5, 0.6) is 0 Å². The molecule has 4 heteroatoms. The molecule has 3 nitrogen and oxygen atoms in total. The molecule has 0 spiro atoms. The van der Waals surface area contributed by atoms with Crippen molar-refractivity contribution in [3.05, 3.63) is 15.6 Å². The second kappa shape index (κ2) is 7.04. The van der Waals surface area contributed by atoms with Gasteiger partial charge in [-0.3, -0.25) is 4.79 Å². The van der Waals surface area contributed by atoms with E-state index >= 15 is 0 Å². The summed E-state index contributed by atoms with van der Waals surface area (Å²) < 4.78 is 0. The molecule has 1 aromatic heterocycles. The van der Waals surface area contributed by atoms with E-state index in [0.717, 1.165) is 28.4 Å². The van der Waals surface area contributed by atoms with Gasteiger partial charge >= 0.3 is 0 Å². The lowest BCUT2D eigenvalue weighted by atomic mass is 10.0. The fourth-order valence-corrected chi connectivity index (χ4v) is 3.25. The van der Waals surface area contributed by atoms with E-state index in [1.165, 1.54) is 11.3 Å². The number of aromatic nitrogens is 1. The number of carbonyl (C=O) groups is 1. The van der Waals surface area contributed by atoms with Gasteiger partial charge in [0.15, 0.2) is 0 Å². The van der Waals surface area contributed by atoms with Gasteiger partial charge in [0.05, 0.1) is 10.7 Å². The number of hydrogen-bond acceptors (Lipinski definition) is 3. The van der Waals surface area contributed by atoms with Crippen LogP contribution in [0.2, 0.25) is 0 Å². The van der Waals surface area contributed by atoms with E-state index in [4.69, 9.17) is 0 Å². The highest BCUT2D eigenvalue weighted by Gasteiger charge is 2.20. The second-order valence-electron chi connectivity index (χ2n) is 5.85. The minimum atomic E-state index is 0.0329. The first-order valence-corrected chi connectivity index (χ1v) is 7.93. The summed E-state index contributed by atoms with van der Waals surface area (Å²) >= 11 is 1.54. The van der Waals surface area contributed by atoms with Crippen LogP contribution in [-0.2, 0) is 6.42 Å². The summed E-state index contributed by atoms with van der Waals surface area (Å²) in [7, 11) is 0. The van der Waals surface area contributed by atoms with Gasteiger partial charge in [-0.15, -0.1) is 11.3 Å². The van der Waals surface area contributed by atoms with Crippen LogP contribution in [0.4, 0.5) is 0 Å². The standard InChI is InChI=1S/C15H26N2OS/c1-7-12(10(4)5)17-15(18)14-11(6)16-13(19-14)8-9(2)3/h9-10,12H,7-8H2,1-6H3,(H,17,18). The third-order valence-corrected chi connectivity index (χ3v) is 4.37. The minimum absolute atomic E-state index is 0.0329. The average Bonchev–Trinajstić information content (AvgIpc) is 2.65. The summed E-state index contributed by atoms with van der Waals surface area (Å²) in [4.78, 5) is 17.6. The quantitative estimate of drug-likeness (QED) is 0.862. The number of nitrogens with one attached hydrogen (secondary N) is 1. The SMILES string of the molecule is CCC(NC(=O)c1sc(CC(C)C)nc1C)C(C)C. The molecule has 1 atom stereocenters. The van der Waals surface area contributed by atoms with E-state index < -0.39 is 0 Å². The molecule has 1 rings (SSSR count). The van der Waals surface area contributed by atoms with Crippen molar-refractivity contribution in [2.45, 2.75) is 60.4 Å². The molecule has 19 heavy (non-hydrogen) atoms. The molecule has 0 saturated heterocycles. The van der Waals surface area contributed by atoms with Gasteiger partial charge in [0.2, 0.25) is 0 Å². The summed E-state index contributed by atoms with van der Waals surface area (Å²) in [5.41, 5.74) is 0.858. The molecule has 1 aromatic rings. The van der Waals surface area contributed by atoms with Crippen LogP contribution in [0.15, 0.2) is 0 Å². The van der Waals surface area contributed by atoms with E-state index in [9.17, 15) is 4.79 Å². The predicted octanol–water partition coefficient (Wildman–Crippen LogP) is 3.81. The van der Waals surface area contributed by atoms with Crippen LogP contribution in [0.1, 0.15) is 61.4 Å². The number of nitrogens with zero attached hydrogens (tertiary/aromatic N) is 1. The molecule has 1 amide bonds. The van der Waals surface area contributed by atoms with Gasteiger partial charge in [0.1, 0.15) is 4.88 Å². The normalized spacial score (nSPS) is 13.1. The van der Waals surface area contributed by atoms with Gasteiger partial charge in [-0.2, -0.15) is 0 Å². The zero-order valence-electron chi connectivity index (χ0n) is 12.9. The lowest BCUT2D eigenvalue weighted by Crippen LogP contribution is -2.37. The number of thiazole rings is 1. The molecule has 0 aliphatic heterocycles. The van der Waals surface area contributed by atoms with Crippen molar-refractivity contribution in [3.63, 3.8) is 0 Å². The maximum absolute atomic E-state index is 12.3. The Labute approximate surface area is 120 Å². The molecule has 0 fully saturated rings.